The van der Waals surface area contributed by atoms with E-state index in [2.05, 4.69) is 13.8 Å². The van der Waals surface area contributed by atoms with Crippen LogP contribution in [0.1, 0.15) is 65.2 Å². The molecule has 0 amide bonds. The van der Waals surface area contributed by atoms with Crippen molar-refractivity contribution in [3.8, 4) is 0 Å². The lowest BCUT2D eigenvalue weighted by molar-refractivity contribution is -0.144. The van der Waals surface area contributed by atoms with Crippen LogP contribution in [0.5, 0.6) is 0 Å². The van der Waals surface area contributed by atoms with Crippen LogP contribution in [0.4, 0.5) is 0 Å². The van der Waals surface area contributed by atoms with Crippen LogP contribution in [0.3, 0.4) is 0 Å². The number of allylic oxidation sites excluding steroid dienone is 1. The number of Topliss-reactive ketones (excluding diaryl/α,β-unsaturated/α-hetero) is 1. The molecule has 0 aliphatic rings. The van der Waals surface area contributed by atoms with Crippen molar-refractivity contribution in [3.63, 3.8) is 0 Å². The number of ketones is 1. The summed E-state index contributed by atoms with van der Waals surface area (Å²) in [7, 11) is 0. The standard InChI is InChI=1S/C15H26O3/c1-3-5-7-9-13-18-15(17)12-11-14(16)10-8-6-4-2/h5,7H,3-4,6,8-13H2,1-2H3/b7-5+. The zero-order chi connectivity index (χ0) is 13.6. The fourth-order valence-corrected chi connectivity index (χ4v) is 1.54. The topological polar surface area (TPSA) is 43.4 Å². The van der Waals surface area contributed by atoms with Gasteiger partial charge in [-0.05, 0) is 19.3 Å². The van der Waals surface area contributed by atoms with Crippen LogP contribution in [-0.2, 0) is 14.3 Å². The maximum absolute atomic E-state index is 11.4. The van der Waals surface area contributed by atoms with Gasteiger partial charge < -0.3 is 4.74 Å². The van der Waals surface area contributed by atoms with Crippen molar-refractivity contribution in [2.45, 2.75) is 65.2 Å². The van der Waals surface area contributed by atoms with Gasteiger partial charge in [0, 0.05) is 12.8 Å². The van der Waals surface area contributed by atoms with Gasteiger partial charge in [0.05, 0.1) is 13.0 Å². The molecule has 0 spiro atoms. The van der Waals surface area contributed by atoms with E-state index in [1.165, 1.54) is 0 Å². The Hall–Kier alpha value is -1.12. The summed E-state index contributed by atoms with van der Waals surface area (Å²) < 4.78 is 5.02. The van der Waals surface area contributed by atoms with Crippen LogP contribution in [-0.4, -0.2) is 18.4 Å². The quantitative estimate of drug-likeness (QED) is 0.320. The largest absolute Gasteiger partial charge is 0.465 e. The summed E-state index contributed by atoms with van der Waals surface area (Å²) in [6.07, 6.45) is 10.1. The summed E-state index contributed by atoms with van der Waals surface area (Å²) in [4.78, 5) is 22.7. The summed E-state index contributed by atoms with van der Waals surface area (Å²) in [6, 6.07) is 0. The molecule has 0 saturated carbocycles. The highest BCUT2D eigenvalue weighted by Gasteiger charge is 2.07. The lowest BCUT2D eigenvalue weighted by Gasteiger charge is -2.03. The first-order valence-corrected chi connectivity index (χ1v) is 7.03. The number of rotatable bonds is 11. The minimum absolute atomic E-state index is 0.172. The second kappa shape index (κ2) is 12.3. The Labute approximate surface area is 111 Å². The lowest BCUT2D eigenvalue weighted by Crippen LogP contribution is -2.08. The predicted molar refractivity (Wildman–Crippen MR) is 73.4 cm³/mol. The van der Waals surface area contributed by atoms with E-state index in [0.29, 0.717) is 19.4 Å². The lowest BCUT2D eigenvalue weighted by atomic mass is 10.1. The van der Waals surface area contributed by atoms with Crippen molar-refractivity contribution in [2.24, 2.45) is 0 Å². The van der Waals surface area contributed by atoms with E-state index in [0.717, 1.165) is 32.1 Å². The van der Waals surface area contributed by atoms with Gasteiger partial charge in [0.25, 0.3) is 0 Å². The second-order valence-corrected chi connectivity index (χ2v) is 4.38. The number of ether oxygens (including phenoxy) is 1. The van der Waals surface area contributed by atoms with E-state index >= 15 is 0 Å². The van der Waals surface area contributed by atoms with Crippen molar-refractivity contribution < 1.29 is 14.3 Å². The minimum atomic E-state index is -0.260. The van der Waals surface area contributed by atoms with E-state index in [9.17, 15) is 9.59 Å². The van der Waals surface area contributed by atoms with Crippen molar-refractivity contribution in [2.75, 3.05) is 6.61 Å². The SMILES string of the molecule is CC/C=C/CCOC(=O)CCC(=O)CCCCC. The number of carbonyl (C=O) groups excluding carboxylic acids is 2. The number of esters is 1. The van der Waals surface area contributed by atoms with Crippen molar-refractivity contribution >= 4 is 11.8 Å². The predicted octanol–water partition coefficient (Wildman–Crippen LogP) is 3.82. The van der Waals surface area contributed by atoms with E-state index in [4.69, 9.17) is 4.74 Å². The Balaban J connectivity index is 3.46. The third-order valence-corrected chi connectivity index (χ3v) is 2.62. The molecular formula is C15H26O3. The maximum atomic E-state index is 11.4. The van der Waals surface area contributed by atoms with Gasteiger partial charge in [-0.25, -0.2) is 0 Å². The number of carbonyl (C=O) groups is 2. The van der Waals surface area contributed by atoms with Crippen molar-refractivity contribution in [3.05, 3.63) is 12.2 Å². The molecule has 0 aromatic carbocycles. The molecule has 0 heterocycles. The Morgan fingerprint density at radius 1 is 1.00 bits per heavy atom. The number of hydrogen-bond donors (Lipinski definition) is 0. The summed E-state index contributed by atoms with van der Waals surface area (Å²) >= 11 is 0. The average molecular weight is 254 g/mol. The number of unbranched alkanes of at least 4 members (excludes halogenated alkanes) is 2. The normalized spacial score (nSPS) is 10.8. The van der Waals surface area contributed by atoms with Crippen LogP contribution in [0.2, 0.25) is 0 Å². The minimum Gasteiger partial charge on any atom is -0.465 e. The van der Waals surface area contributed by atoms with Gasteiger partial charge in [0.15, 0.2) is 0 Å². The summed E-state index contributed by atoms with van der Waals surface area (Å²) in [6.45, 7) is 4.58. The highest BCUT2D eigenvalue weighted by atomic mass is 16.5. The molecular weight excluding hydrogens is 228 g/mol. The number of hydrogen-bond acceptors (Lipinski definition) is 3. The smallest absolute Gasteiger partial charge is 0.306 e. The van der Waals surface area contributed by atoms with Gasteiger partial charge in [0.2, 0.25) is 0 Å². The first-order valence-electron chi connectivity index (χ1n) is 7.03. The molecule has 0 aliphatic carbocycles. The molecule has 0 N–H and O–H groups in total. The first-order chi connectivity index (χ1) is 8.70. The highest BCUT2D eigenvalue weighted by Crippen LogP contribution is 2.04. The van der Waals surface area contributed by atoms with Gasteiger partial charge in [-0.1, -0.05) is 38.8 Å². The highest BCUT2D eigenvalue weighted by molar-refractivity contribution is 5.82. The van der Waals surface area contributed by atoms with Gasteiger partial charge >= 0.3 is 5.97 Å². The molecule has 3 nitrogen and oxygen atoms in total. The molecule has 0 fully saturated rings. The third kappa shape index (κ3) is 11.4. The third-order valence-electron chi connectivity index (χ3n) is 2.62. The van der Waals surface area contributed by atoms with Crippen molar-refractivity contribution in [1.82, 2.24) is 0 Å². The van der Waals surface area contributed by atoms with Crippen LogP contribution in [0.15, 0.2) is 12.2 Å². The Kier molecular flexibility index (Phi) is 11.6. The van der Waals surface area contributed by atoms with E-state index in [1.807, 2.05) is 12.2 Å². The van der Waals surface area contributed by atoms with Gasteiger partial charge in [0.1, 0.15) is 5.78 Å². The molecule has 18 heavy (non-hydrogen) atoms. The fourth-order valence-electron chi connectivity index (χ4n) is 1.54. The van der Waals surface area contributed by atoms with Crippen LogP contribution >= 0.6 is 0 Å². The summed E-state index contributed by atoms with van der Waals surface area (Å²) in [5.74, 6) is -0.0879. The summed E-state index contributed by atoms with van der Waals surface area (Å²) in [5.41, 5.74) is 0. The van der Waals surface area contributed by atoms with Gasteiger partial charge in [-0.3, -0.25) is 9.59 Å². The van der Waals surface area contributed by atoms with Crippen molar-refractivity contribution in [1.29, 1.82) is 0 Å². The zero-order valence-electron chi connectivity index (χ0n) is 11.7. The van der Waals surface area contributed by atoms with Gasteiger partial charge in [-0.15, -0.1) is 0 Å². The molecule has 0 rings (SSSR count). The average Bonchev–Trinajstić information content (AvgIpc) is 2.36. The van der Waals surface area contributed by atoms with E-state index in [1.54, 1.807) is 0 Å². The molecule has 0 saturated heterocycles. The maximum Gasteiger partial charge on any atom is 0.306 e. The second-order valence-electron chi connectivity index (χ2n) is 4.38. The monoisotopic (exact) mass is 254 g/mol. The van der Waals surface area contributed by atoms with Crippen LogP contribution in [0.25, 0.3) is 0 Å². The zero-order valence-corrected chi connectivity index (χ0v) is 11.7. The first kappa shape index (κ1) is 16.9. The molecule has 0 aromatic rings. The molecule has 104 valence electrons. The Bertz CT molecular complexity index is 256. The molecule has 0 aliphatic heterocycles. The van der Waals surface area contributed by atoms with Crippen LogP contribution in [0, 0.1) is 0 Å². The molecule has 0 aromatic heterocycles. The fraction of sp³-hybridized carbons (Fsp3) is 0.733. The molecule has 0 atom stereocenters. The van der Waals surface area contributed by atoms with E-state index in [-0.39, 0.29) is 18.2 Å². The molecule has 0 unspecified atom stereocenters. The molecule has 0 bridgehead atoms. The Morgan fingerprint density at radius 2 is 1.78 bits per heavy atom. The van der Waals surface area contributed by atoms with E-state index < -0.39 is 0 Å². The van der Waals surface area contributed by atoms with Gasteiger partial charge in [-0.2, -0.15) is 0 Å². The summed E-state index contributed by atoms with van der Waals surface area (Å²) in [5, 5.41) is 0. The Morgan fingerprint density at radius 3 is 2.44 bits per heavy atom. The molecule has 0 radical (unpaired) electrons. The van der Waals surface area contributed by atoms with Crippen LogP contribution < -0.4 is 0 Å². The molecule has 3 heteroatoms.